The van der Waals surface area contributed by atoms with E-state index in [1.165, 1.54) is 69.2 Å². The Kier molecular flexibility index (Phi) is 8.91. The summed E-state index contributed by atoms with van der Waals surface area (Å²) in [6, 6.07) is 6.31. The average molecular weight is 380 g/mol. The molecule has 0 aliphatic carbocycles. The molecule has 2 rings (SSSR count). The van der Waals surface area contributed by atoms with Crippen molar-refractivity contribution in [1.29, 1.82) is 0 Å². The molecule has 1 aliphatic rings. The van der Waals surface area contributed by atoms with Gasteiger partial charge >= 0.3 is 0 Å². The Labute approximate surface area is 159 Å². The molecule has 0 spiro atoms. The molecule has 7 heteroatoms. The van der Waals surface area contributed by atoms with Crippen LogP contribution in [-0.4, -0.2) is 47.2 Å². The third-order valence-corrected chi connectivity index (χ3v) is 5.74. The van der Waals surface area contributed by atoms with Gasteiger partial charge in [-0.05, 0) is 64.4 Å². The first-order valence-corrected chi connectivity index (χ1v) is 10.4. The van der Waals surface area contributed by atoms with Gasteiger partial charge in [-0.25, -0.2) is 0 Å². The molecule has 1 unspecified atom stereocenters. The van der Waals surface area contributed by atoms with Crippen LogP contribution in [0.5, 0.6) is 0 Å². The monoisotopic (exact) mass is 379 g/mol. The first kappa shape index (κ1) is 20.7. The Morgan fingerprint density at radius 2 is 1.88 bits per heavy atom. The van der Waals surface area contributed by atoms with Crippen LogP contribution in [0.3, 0.4) is 0 Å². The number of amides is 1. The normalized spacial score (nSPS) is 16.2. The molecule has 144 valence electrons. The maximum atomic E-state index is 12.2. The third-order valence-electron chi connectivity index (χ3n) is 4.63. The number of hydrogen-bond donors (Lipinski definition) is 1. The van der Waals surface area contributed by atoms with Crippen molar-refractivity contribution in [2.75, 3.05) is 26.2 Å². The molecule has 6 nitrogen and oxygen atoms in total. The van der Waals surface area contributed by atoms with Gasteiger partial charge in [-0.2, -0.15) is 0 Å². The largest absolute Gasteiger partial charge is 0.355 e. The van der Waals surface area contributed by atoms with E-state index in [0.717, 1.165) is 17.7 Å². The molecule has 26 heavy (non-hydrogen) atoms. The Morgan fingerprint density at radius 1 is 1.19 bits per heavy atom. The molecule has 1 amide bonds. The SMILES string of the molecule is CC(Sc1ccc([N+](=O)[O-])cc1)C(=O)NCCCCCN1CCCCC1. The molecule has 0 aromatic heterocycles. The maximum absolute atomic E-state index is 12.2. The van der Waals surface area contributed by atoms with Crippen molar-refractivity contribution in [3.05, 3.63) is 34.4 Å². The molecule has 1 aromatic carbocycles. The predicted molar refractivity (Wildman–Crippen MR) is 106 cm³/mol. The van der Waals surface area contributed by atoms with E-state index in [4.69, 9.17) is 0 Å². The second-order valence-corrected chi connectivity index (χ2v) is 8.18. The molecule has 1 aliphatic heterocycles. The summed E-state index contributed by atoms with van der Waals surface area (Å²) in [5.41, 5.74) is 0.0657. The highest BCUT2D eigenvalue weighted by atomic mass is 32.2. The summed E-state index contributed by atoms with van der Waals surface area (Å²) < 4.78 is 0. The highest BCUT2D eigenvalue weighted by molar-refractivity contribution is 8.00. The van der Waals surface area contributed by atoms with Crippen molar-refractivity contribution in [3.63, 3.8) is 0 Å². The number of likely N-dealkylation sites (tertiary alicyclic amines) is 1. The van der Waals surface area contributed by atoms with Crippen molar-refractivity contribution in [2.45, 2.75) is 55.6 Å². The minimum Gasteiger partial charge on any atom is -0.355 e. The van der Waals surface area contributed by atoms with Crippen molar-refractivity contribution in [3.8, 4) is 0 Å². The molecule has 1 saturated heterocycles. The van der Waals surface area contributed by atoms with E-state index in [0.29, 0.717) is 6.54 Å². The lowest BCUT2D eigenvalue weighted by Gasteiger charge is -2.26. The lowest BCUT2D eigenvalue weighted by Crippen LogP contribution is -2.32. The van der Waals surface area contributed by atoms with Gasteiger partial charge in [0.2, 0.25) is 5.91 Å². The van der Waals surface area contributed by atoms with Crippen LogP contribution >= 0.6 is 11.8 Å². The number of nitrogens with zero attached hydrogens (tertiary/aromatic N) is 2. The van der Waals surface area contributed by atoms with E-state index in [9.17, 15) is 14.9 Å². The van der Waals surface area contributed by atoms with Gasteiger partial charge in [0, 0.05) is 23.6 Å². The topological polar surface area (TPSA) is 75.5 Å². The standard InChI is InChI=1S/C19H29N3O3S/c1-16(26-18-10-8-17(9-11-18)22(24)25)19(23)20-12-4-2-5-13-21-14-6-3-7-15-21/h8-11,16H,2-7,12-15H2,1H3,(H,20,23). The molecule has 0 bridgehead atoms. The quantitative estimate of drug-likeness (QED) is 0.289. The van der Waals surface area contributed by atoms with E-state index in [1.54, 1.807) is 12.1 Å². The first-order valence-electron chi connectivity index (χ1n) is 9.47. The zero-order valence-electron chi connectivity index (χ0n) is 15.5. The fourth-order valence-electron chi connectivity index (χ4n) is 3.08. The van der Waals surface area contributed by atoms with Gasteiger partial charge in [0.15, 0.2) is 0 Å². The number of nitrogens with one attached hydrogen (secondary N) is 1. The number of carbonyl (C=O) groups is 1. The number of nitro groups is 1. The number of thioether (sulfide) groups is 1. The summed E-state index contributed by atoms with van der Waals surface area (Å²) in [5.74, 6) is 0.0179. The zero-order valence-corrected chi connectivity index (χ0v) is 16.3. The Bertz CT molecular complexity index is 574. The van der Waals surface area contributed by atoms with Crippen molar-refractivity contribution in [2.24, 2.45) is 0 Å². The Balaban J connectivity index is 1.57. The van der Waals surface area contributed by atoms with E-state index >= 15 is 0 Å². The molecule has 0 saturated carbocycles. The summed E-state index contributed by atoms with van der Waals surface area (Å²) in [5, 5.41) is 13.4. The second-order valence-electron chi connectivity index (χ2n) is 6.77. The number of benzene rings is 1. The van der Waals surface area contributed by atoms with E-state index in [2.05, 4.69) is 10.2 Å². The molecular weight excluding hydrogens is 350 g/mol. The maximum Gasteiger partial charge on any atom is 0.269 e. The summed E-state index contributed by atoms with van der Waals surface area (Å²) in [7, 11) is 0. The summed E-state index contributed by atoms with van der Waals surface area (Å²) >= 11 is 1.42. The molecule has 1 N–H and O–H groups in total. The number of non-ortho nitro benzene ring substituents is 1. The molecule has 1 heterocycles. The number of carbonyl (C=O) groups excluding carboxylic acids is 1. The molecule has 1 aromatic rings. The number of unbranched alkanes of at least 4 members (excludes halogenated alkanes) is 2. The van der Waals surface area contributed by atoms with Gasteiger partial charge in [0.25, 0.3) is 5.69 Å². The average Bonchev–Trinajstić information content (AvgIpc) is 2.65. The Hall–Kier alpha value is -1.60. The lowest BCUT2D eigenvalue weighted by molar-refractivity contribution is -0.384. The van der Waals surface area contributed by atoms with Gasteiger partial charge < -0.3 is 10.2 Å². The summed E-state index contributed by atoms with van der Waals surface area (Å²) in [6.45, 7) is 6.24. The van der Waals surface area contributed by atoms with Crippen molar-refractivity contribution >= 4 is 23.4 Å². The van der Waals surface area contributed by atoms with Crippen LogP contribution in [0.1, 0.15) is 45.4 Å². The van der Waals surface area contributed by atoms with Crippen LogP contribution in [0.4, 0.5) is 5.69 Å². The predicted octanol–water partition coefficient (Wildman–Crippen LogP) is 3.85. The minimum atomic E-state index is -0.421. The molecule has 1 atom stereocenters. The lowest BCUT2D eigenvalue weighted by atomic mass is 10.1. The molecule has 1 fully saturated rings. The highest BCUT2D eigenvalue weighted by Gasteiger charge is 2.15. The van der Waals surface area contributed by atoms with Gasteiger partial charge in [0.1, 0.15) is 0 Å². The van der Waals surface area contributed by atoms with Crippen molar-refractivity contribution < 1.29 is 9.72 Å². The Morgan fingerprint density at radius 3 is 2.54 bits per heavy atom. The van der Waals surface area contributed by atoms with Crippen molar-refractivity contribution in [1.82, 2.24) is 10.2 Å². The van der Waals surface area contributed by atoms with Crippen LogP contribution in [0.25, 0.3) is 0 Å². The third kappa shape index (κ3) is 7.33. The van der Waals surface area contributed by atoms with Crippen LogP contribution in [-0.2, 0) is 4.79 Å². The zero-order chi connectivity index (χ0) is 18.8. The number of rotatable bonds is 10. The highest BCUT2D eigenvalue weighted by Crippen LogP contribution is 2.25. The van der Waals surface area contributed by atoms with Gasteiger partial charge in [-0.15, -0.1) is 11.8 Å². The van der Waals surface area contributed by atoms with Gasteiger partial charge in [-0.3, -0.25) is 14.9 Å². The van der Waals surface area contributed by atoms with Gasteiger partial charge in [-0.1, -0.05) is 12.8 Å². The van der Waals surface area contributed by atoms with Crippen LogP contribution < -0.4 is 5.32 Å². The summed E-state index contributed by atoms with van der Waals surface area (Å²) in [6.07, 6.45) is 7.39. The number of hydrogen-bond acceptors (Lipinski definition) is 5. The van der Waals surface area contributed by atoms with Crippen LogP contribution in [0.15, 0.2) is 29.2 Å². The number of nitro benzene ring substituents is 1. The van der Waals surface area contributed by atoms with Gasteiger partial charge in [0.05, 0.1) is 10.2 Å². The minimum absolute atomic E-state index is 0.0179. The molecular formula is C19H29N3O3S. The summed E-state index contributed by atoms with van der Waals surface area (Å²) in [4.78, 5) is 25.8. The first-order chi connectivity index (χ1) is 12.6. The fraction of sp³-hybridized carbons (Fsp3) is 0.632. The fourth-order valence-corrected chi connectivity index (χ4v) is 3.97. The molecule has 0 radical (unpaired) electrons. The van der Waals surface area contributed by atoms with E-state index < -0.39 is 4.92 Å². The van der Waals surface area contributed by atoms with E-state index in [-0.39, 0.29) is 16.8 Å². The van der Waals surface area contributed by atoms with Crippen LogP contribution in [0, 0.1) is 10.1 Å². The number of piperidine rings is 1. The van der Waals surface area contributed by atoms with Crippen LogP contribution in [0.2, 0.25) is 0 Å². The second kappa shape index (κ2) is 11.2. The van der Waals surface area contributed by atoms with E-state index in [1.807, 2.05) is 6.92 Å². The smallest absolute Gasteiger partial charge is 0.269 e.